The third kappa shape index (κ3) is 1.99. The monoisotopic (exact) mass is 313 g/mol. The van der Waals surface area contributed by atoms with Crippen LogP contribution in [0.1, 0.15) is 27.9 Å². The average molecular weight is 313 g/mol. The fraction of sp³-hybridized carbons (Fsp3) is 0.250. The van der Waals surface area contributed by atoms with Crippen LogP contribution in [0.5, 0.6) is 0 Å². The molecule has 0 radical (unpaired) electrons. The summed E-state index contributed by atoms with van der Waals surface area (Å²) in [5.74, 6) is -1.35. The van der Waals surface area contributed by atoms with E-state index in [9.17, 15) is 13.6 Å². The molecule has 1 N–H and O–H groups in total. The van der Waals surface area contributed by atoms with Crippen molar-refractivity contribution < 1.29 is 18.7 Å². The lowest BCUT2D eigenvalue weighted by atomic mass is 10.1. The third-order valence-electron chi connectivity index (χ3n) is 1.69. The second kappa shape index (κ2) is 4.16. The van der Waals surface area contributed by atoms with Crippen LogP contribution in [0.3, 0.4) is 0 Å². The molecule has 0 aliphatic carbocycles. The lowest BCUT2D eigenvalue weighted by Crippen LogP contribution is -2.09. The summed E-state index contributed by atoms with van der Waals surface area (Å²) in [5.41, 5.74) is -0.606. The van der Waals surface area contributed by atoms with Crippen molar-refractivity contribution in [1.29, 1.82) is 0 Å². The third-order valence-corrected chi connectivity index (χ3v) is 2.55. The first-order valence-electron chi connectivity index (χ1n) is 3.61. The number of rotatable bonds is 2. The van der Waals surface area contributed by atoms with Gasteiger partial charge < -0.3 is 5.11 Å². The Labute approximate surface area is 92.3 Å². The van der Waals surface area contributed by atoms with Crippen LogP contribution in [0.15, 0.2) is 6.20 Å². The smallest absolute Gasteiger partial charge is 0.336 e. The normalized spacial score (nSPS) is 10.6. The summed E-state index contributed by atoms with van der Waals surface area (Å²) >= 11 is 1.60. The number of carboxylic acid groups (broad SMARTS) is 1. The number of hydrogen-bond donors (Lipinski definition) is 1. The Kier molecular flexibility index (Phi) is 3.35. The zero-order valence-corrected chi connectivity index (χ0v) is 9.25. The minimum absolute atomic E-state index is 0.0283. The van der Waals surface area contributed by atoms with E-state index in [1.54, 1.807) is 22.6 Å². The van der Waals surface area contributed by atoms with E-state index in [2.05, 4.69) is 4.98 Å². The molecule has 1 aromatic rings. The second-order valence-corrected chi connectivity index (χ2v) is 3.65. The van der Waals surface area contributed by atoms with Crippen LogP contribution in [0.2, 0.25) is 0 Å². The SMILES string of the molecule is Cc1cnc(I)c(C(F)F)c1C(=O)O. The van der Waals surface area contributed by atoms with E-state index in [1.807, 2.05) is 0 Å². The molecule has 0 amide bonds. The number of carboxylic acids is 1. The van der Waals surface area contributed by atoms with Crippen LogP contribution in [0.25, 0.3) is 0 Å². The van der Waals surface area contributed by atoms with Gasteiger partial charge in [0.25, 0.3) is 6.43 Å². The second-order valence-electron chi connectivity index (χ2n) is 2.63. The van der Waals surface area contributed by atoms with Gasteiger partial charge in [0.2, 0.25) is 0 Å². The van der Waals surface area contributed by atoms with Gasteiger partial charge in [-0.3, -0.25) is 0 Å². The number of alkyl halides is 2. The van der Waals surface area contributed by atoms with E-state index < -0.39 is 18.0 Å². The largest absolute Gasteiger partial charge is 0.478 e. The van der Waals surface area contributed by atoms with E-state index in [0.717, 1.165) is 0 Å². The maximum absolute atomic E-state index is 12.5. The summed E-state index contributed by atoms with van der Waals surface area (Å²) in [4.78, 5) is 14.4. The Hall–Kier alpha value is -0.790. The molecule has 3 nitrogen and oxygen atoms in total. The highest BCUT2D eigenvalue weighted by atomic mass is 127. The topological polar surface area (TPSA) is 50.2 Å². The van der Waals surface area contributed by atoms with E-state index in [0.29, 0.717) is 0 Å². The number of carbonyl (C=O) groups is 1. The minimum atomic E-state index is -2.82. The highest BCUT2D eigenvalue weighted by Crippen LogP contribution is 2.28. The number of halogens is 3. The fourth-order valence-electron chi connectivity index (χ4n) is 1.09. The number of hydrogen-bond acceptors (Lipinski definition) is 2. The summed E-state index contributed by atoms with van der Waals surface area (Å²) in [6.45, 7) is 1.44. The lowest BCUT2D eigenvalue weighted by Gasteiger charge is -2.09. The zero-order valence-electron chi connectivity index (χ0n) is 7.09. The Morgan fingerprint density at radius 1 is 1.64 bits per heavy atom. The first kappa shape index (κ1) is 11.3. The summed E-state index contributed by atoms with van der Waals surface area (Å²) < 4.78 is 25.1. The summed E-state index contributed by atoms with van der Waals surface area (Å²) in [6, 6.07) is 0. The summed E-state index contributed by atoms with van der Waals surface area (Å²) in [5, 5.41) is 8.76. The highest BCUT2D eigenvalue weighted by Gasteiger charge is 2.23. The minimum Gasteiger partial charge on any atom is -0.478 e. The van der Waals surface area contributed by atoms with E-state index in [1.165, 1.54) is 13.1 Å². The summed E-state index contributed by atoms with van der Waals surface area (Å²) in [7, 11) is 0. The van der Waals surface area contributed by atoms with Crippen LogP contribution in [-0.4, -0.2) is 16.1 Å². The molecule has 0 atom stereocenters. The van der Waals surface area contributed by atoms with Gasteiger partial charge >= 0.3 is 5.97 Å². The number of pyridine rings is 1. The van der Waals surface area contributed by atoms with Gasteiger partial charge in [0.15, 0.2) is 0 Å². The van der Waals surface area contributed by atoms with Gasteiger partial charge in [-0.25, -0.2) is 18.6 Å². The molecule has 0 aliphatic rings. The van der Waals surface area contributed by atoms with Gasteiger partial charge in [0.1, 0.15) is 3.70 Å². The van der Waals surface area contributed by atoms with E-state index in [-0.39, 0.29) is 14.8 Å². The number of aromatic nitrogens is 1. The molecule has 1 aromatic heterocycles. The molecule has 0 saturated carbocycles. The first-order chi connectivity index (χ1) is 6.45. The molecular weight excluding hydrogens is 307 g/mol. The maximum atomic E-state index is 12.5. The van der Waals surface area contributed by atoms with Gasteiger partial charge in [-0.05, 0) is 35.1 Å². The Balaban J connectivity index is 3.50. The van der Waals surface area contributed by atoms with Crippen LogP contribution >= 0.6 is 22.6 Å². The molecule has 0 spiro atoms. The first-order valence-corrected chi connectivity index (χ1v) is 4.69. The molecule has 0 unspecified atom stereocenters. The quantitative estimate of drug-likeness (QED) is 0.674. The van der Waals surface area contributed by atoms with Crippen LogP contribution in [0, 0.1) is 10.6 Å². The predicted octanol–water partition coefficient (Wildman–Crippen LogP) is 2.63. The predicted molar refractivity (Wildman–Crippen MR) is 53.6 cm³/mol. The van der Waals surface area contributed by atoms with Crippen LogP contribution in [-0.2, 0) is 0 Å². The fourth-order valence-corrected chi connectivity index (χ4v) is 1.73. The van der Waals surface area contributed by atoms with Crippen LogP contribution < -0.4 is 0 Å². The number of aromatic carboxylic acids is 1. The van der Waals surface area contributed by atoms with E-state index >= 15 is 0 Å². The highest BCUT2D eigenvalue weighted by molar-refractivity contribution is 14.1. The number of aryl methyl sites for hydroxylation is 1. The molecule has 0 aliphatic heterocycles. The van der Waals surface area contributed by atoms with Gasteiger partial charge in [-0.2, -0.15) is 0 Å². The zero-order chi connectivity index (χ0) is 10.9. The molecule has 0 saturated heterocycles. The standard InChI is InChI=1S/C8H6F2INO2/c1-3-2-12-7(11)5(6(9)10)4(3)8(13)14/h2,6H,1H3,(H,13,14). The van der Waals surface area contributed by atoms with Crippen molar-refractivity contribution in [3.05, 3.63) is 26.6 Å². The molecule has 1 heterocycles. The molecule has 0 bridgehead atoms. The van der Waals surface area contributed by atoms with E-state index in [4.69, 9.17) is 5.11 Å². The van der Waals surface area contributed by atoms with Crippen molar-refractivity contribution >= 4 is 28.6 Å². The van der Waals surface area contributed by atoms with Gasteiger partial charge in [0.05, 0.1) is 11.1 Å². The maximum Gasteiger partial charge on any atom is 0.336 e. The van der Waals surface area contributed by atoms with Gasteiger partial charge in [0, 0.05) is 6.20 Å². The Bertz CT molecular complexity index is 382. The molecule has 6 heteroatoms. The Morgan fingerprint density at radius 2 is 2.21 bits per heavy atom. The average Bonchev–Trinajstić information content (AvgIpc) is 2.07. The van der Waals surface area contributed by atoms with Crippen LogP contribution in [0.4, 0.5) is 8.78 Å². The summed E-state index contributed by atoms with van der Waals surface area (Å²) in [6.07, 6.45) is -1.54. The molecule has 1 rings (SSSR count). The number of nitrogens with zero attached hydrogens (tertiary/aromatic N) is 1. The van der Waals surface area contributed by atoms with Crippen molar-refractivity contribution in [1.82, 2.24) is 4.98 Å². The van der Waals surface area contributed by atoms with Crippen molar-refractivity contribution in [3.8, 4) is 0 Å². The van der Waals surface area contributed by atoms with Gasteiger partial charge in [-0.1, -0.05) is 0 Å². The molecule has 76 valence electrons. The van der Waals surface area contributed by atoms with Crippen molar-refractivity contribution in [2.24, 2.45) is 0 Å². The van der Waals surface area contributed by atoms with Gasteiger partial charge in [-0.15, -0.1) is 0 Å². The van der Waals surface area contributed by atoms with Crippen molar-refractivity contribution in [3.63, 3.8) is 0 Å². The molecular formula is C8H6F2INO2. The van der Waals surface area contributed by atoms with Crippen molar-refractivity contribution in [2.75, 3.05) is 0 Å². The molecule has 0 fully saturated rings. The Morgan fingerprint density at radius 3 is 2.57 bits per heavy atom. The van der Waals surface area contributed by atoms with Crippen molar-refractivity contribution in [2.45, 2.75) is 13.3 Å². The molecule has 14 heavy (non-hydrogen) atoms. The lowest BCUT2D eigenvalue weighted by molar-refractivity contribution is 0.0683. The molecule has 0 aromatic carbocycles.